The van der Waals surface area contributed by atoms with Crippen LogP contribution in [-0.2, 0) is 9.53 Å². The van der Waals surface area contributed by atoms with E-state index in [0.717, 1.165) is 31.9 Å². The SMILES string of the molecule is CC(C)(C)OC(=O)C[NH+]1CCN(c2ccccc2O)CC1. The highest BCUT2D eigenvalue weighted by atomic mass is 16.6. The predicted octanol–water partition coefficient (Wildman–Crippen LogP) is 0.439. The van der Waals surface area contributed by atoms with E-state index in [-0.39, 0.29) is 5.97 Å². The molecule has 5 heteroatoms. The Morgan fingerprint density at radius 1 is 1.29 bits per heavy atom. The number of phenols is 1. The maximum absolute atomic E-state index is 11.8. The van der Waals surface area contributed by atoms with Gasteiger partial charge in [-0.2, -0.15) is 0 Å². The third kappa shape index (κ3) is 4.63. The second-order valence-electron chi connectivity index (χ2n) is 6.49. The summed E-state index contributed by atoms with van der Waals surface area (Å²) in [6.07, 6.45) is 0. The van der Waals surface area contributed by atoms with Gasteiger partial charge in [0, 0.05) is 0 Å². The lowest BCUT2D eigenvalue weighted by Gasteiger charge is -2.33. The van der Waals surface area contributed by atoms with E-state index >= 15 is 0 Å². The molecule has 2 N–H and O–H groups in total. The predicted molar refractivity (Wildman–Crippen MR) is 81.7 cm³/mol. The Morgan fingerprint density at radius 2 is 1.90 bits per heavy atom. The number of carbonyl (C=O) groups is 1. The van der Waals surface area contributed by atoms with E-state index in [1.165, 1.54) is 4.90 Å². The molecule has 2 rings (SSSR count). The average molecular weight is 293 g/mol. The first-order valence-electron chi connectivity index (χ1n) is 7.43. The van der Waals surface area contributed by atoms with Gasteiger partial charge >= 0.3 is 5.97 Å². The molecular formula is C16H25N2O3+. The molecule has 0 aliphatic carbocycles. The molecule has 1 aromatic rings. The van der Waals surface area contributed by atoms with Gasteiger partial charge in [-0.15, -0.1) is 0 Å². The van der Waals surface area contributed by atoms with Crippen molar-refractivity contribution >= 4 is 11.7 Å². The molecule has 1 aliphatic rings. The van der Waals surface area contributed by atoms with Crippen LogP contribution in [0.3, 0.4) is 0 Å². The monoisotopic (exact) mass is 293 g/mol. The second-order valence-corrected chi connectivity index (χ2v) is 6.49. The van der Waals surface area contributed by atoms with Gasteiger partial charge in [-0.1, -0.05) is 12.1 Å². The van der Waals surface area contributed by atoms with E-state index in [4.69, 9.17) is 4.74 Å². The molecule has 0 bridgehead atoms. The van der Waals surface area contributed by atoms with Crippen molar-refractivity contribution in [2.45, 2.75) is 26.4 Å². The Morgan fingerprint density at radius 3 is 2.48 bits per heavy atom. The molecular weight excluding hydrogens is 268 g/mol. The Bertz CT molecular complexity index is 489. The molecule has 1 aromatic carbocycles. The zero-order chi connectivity index (χ0) is 15.5. The lowest BCUT2D eigenvalue weighted by molar-refractivity contribution is -0.893. The molecule has 0 aromatic heterocycles. The first-order valence-corrected chi connectivity index (χ1v) is 7.43. The number of para-hydroxylation sites is 2. The molecule has 0 unspecified atom stereocenters. The van der Waals surface area contributed by atoms with Crippen molar-refractivity contribution in [3.05, 3.63) is 24.3 Å². The van der Waals surface area contributed by atoms with Crippen LogP contribution in [-0.4, -0.2) is 49.4 Å². The number of benzene rings is 1. The molecule has 0 radical (unpaired) electrons. The zero-order valence-electron chi connectivity index (χ0n) is 13.1. The van der Waals surface area contributed by atoms with Crippen molar-refractivity contribution in [3.63, 3.8) is 0 Å². The highest BCUT2D eigenvalue weighted by Gasteiger charge is 2.26. The van der Waals surface area contributed by atoms with Crippen LogP contribution in [0, 0.1) is 0 Å². The first kappa shape index (κ1) is 15.6. The Kier molecular flexibility index (Phi) is 4.73. The minimum Gasteiger partial charge on any atom is -0.506 e. The minimum absolute atomic E-state index is 0.145. The fraction of sp³-hybridized carbons (Fsp3) is 0.562. The summed E-state index contributed by atoms with van der Waals surface area (Å²) >= 11 is 0. The fourth-order valence-corrected chi connectivity index (χ4v) is 2.55. The standard InChI is InChI=1S/C16H24N2O3/c1-16(2,3)21-15(20)12-17-8-10-18(11-9-17)13-6-4-5-7-14(13)19/h4-7,19H,8-12H2,1-3H3/p+1. The van der Waals surface area contributed by atoms with Crippen LogP contribution >= 0.6 is 0 Å². The van der Waals surface area contributed by atoms with Crippen LogP contribution in [0.1, 0.15) is 20.8 Å². The second kappa shape index (κ2) is 6.35. The summed E-state index contributed by atoms with van der Waals surface area (Å²) in [7, 11) is 0. The number of ether oxygens (including phenoxy) is 1. The van der Waals surface area contributed by atoms with Crippen molar-refractivity contribution in [2.24, 2.45) is 0 Å². The van der Waals surface area contributed by atoms with Gasteiger partial charge in [0.15, 0.2) is 6.54 Å². The molecule has 1 fully saturated rings. The molecule has 1 aliphatic heterocycles. The molecule has 0 amide bonds. The summed E-state index contributed by atoms with van der Waals surface area (Å²) < 4.78 is 5.36. The average Bonchev–Trinajstić information content (AvgIpc) is 2.38. The van der Waals surface area contributed by atoms with Gasteiger partial charge in [0.05, 0.1) is 31.9 Å². The number of hydrogen-bond acceptors (Lipinski definition) is 4. The van der Waals surface area contributed by atoms with Crippen LogP contribution in [0.4, 0.5) is 5.69 Å². The van der Waals surface area contributed by atoms with Crippen LogP contribution in [0.15, 0.2) is 24.3 Å². The summed E-state index contributed by atoms with van der Waals surface area (Å²) in [5.41, 5.74) is 0.447. The maximum Gasteiger partial charge on any atom is 0.362 e. The smallest absolute Gasteiger partial charge is 0.362 e. The lowest BCUT2D eigenvalue weighted by atomic mass is 10.2. The van der Waals surface area contributed by atoms with Crippen LogP contribution in [0.2, 0.25) is 0 Å². The molecule has 1 heterocycles. The third-order valence-electron chi connectivity index (χ3n) is 3.51. The van der Waals surface area contributed by atoms with Crippen molar-refractivity contribution < 1.29 is 19.5 Å². The minimum atomic E-state index is -0.422. The maximum atomic E-state index is 11.8. The highest BCUT2D eigenvalue weighted by Crippen LogP contribution is 2.25. The van der Waals surface area contributed by atoms with E-state index in [1.54, 1.807) is 6.07 Å². The summed E-state index contributed by atoms with van der Waals surface area (Å²) in [4.78, 5) is 15.2. The van der Waals surface area contributed by atoms with Gasteiger partial charge < -0.3 is 19.6 Å². The molecule has 0 saturated carbocycles. The van der Waals surface area contributed by atoms with E-state index in [0.29, 0.717) is 12.3 Å². The van der Waals surface area contributed by atoms with Gasteiger partial charge in [-0.05, 0) is 32.9 Å². The number of piperazine rings is 1. The number of hydrogen-bond donors (Lipinski definition) is 2. The van der Waals surface area contributed by atoms with Crippen LogP contribution in [0.25, 0.3) is 0 Å². The summed E-state index contributed by atoms with van der Waals surface area (Å²) in [5.74, 6) is 0.168. The highest BCUT2D eigenvalue weighted by molar-refractivity contribution is 5.70. The van der Waals surface area contributed by atoms with E-state index in [9.17, 15) is 9.90 Å². The van der Waals surface area contributed by atoms with Crippen LogP contribution < -0.4 is 9.80 Å². The van der Waals surface area contributed by atoms with E-state index < -0.39 is 5.60 Å². The summed E-state index contributed by atoms with van der Waals surface area (Å²) in [6.45, 7) is 9.46. The number of rotatable bonds is 3. The summed E-state index contributed by atoms with van der Waals surface area (Å²) in [6, 6.07) is 7.38. The molecule has 5 nitrogen and oxygen atoms in total. The molecule has 21 heavy (non-hydrogen) atoms. The van der Waals surface area contributed by atoms with Crippen molar-refractivity contribution in [3.8, 4) is 5.75 Å². The number of quaternary nitrogens is 1. The normalized spacial score (nSPS) is 16.8. The van der Waals surface area contributed by atoms with E-state index in [2.05, 4.69) is 4.90 Å². The first-order chi connectivity index (χ1) is 9.85. The molecule has 1 saturated heterocycles. The quantitative estimate of drug-likeness (QED) is 0.794. The van der Waals surface area contributed by atoms with Gasteiger partial charge in [0.1, 0.15) is 11.4 Å². The number of esters is 1. The summed E-state index contributed by atoms with van der Waals surface area (Å²) in [5, 5.41) is 9.88. The Balaban J connectivity index is 1.84. The van der Waals surface area contributed by atoms with Crippen molar-refractivity contribution in [2.75, 3.05) is 37.6 Å². The Hall–Kier alpha value is -1.75. The van der Waals surface area contributed by atoms with Crippen molar-refractivity contribution in [1.82, 2.24) is 0 Å². The topological polar surface area (TPSA) is 54.2 Å². The molecule has 116 valence electrons. The number of nitrogens with one attached hydrogen (secondary N) is 1. The van der Waals surface area contributed by atoms with Gasteiger partial charge in [-0.25, -0.2) is 4.79 Å². The number of phenolic OH excluding ortho intramolecular Hbond substituents is 1. The third-order valence-corrected chi connectivity index (χ3v) is 3.51. The van der Waals surface area contributed by atoms with Gasteiger partial charge in [0.2, 0.25) is 0 Å². The zero-order valence-corrected chi connectivity index (χ0v) is 13.1. The molecule has 0 atom stereocenters. The number of carbonyl (C=O) groups excluding carboxylic acids is 1. The fourth-order valence-electron chi connectivity index (χ4n) is 2.55. The van der Waals surface area contributed by atoms with Crippen LogP contribution in [0.5, 0.6) is 5.75 Å². The number of anilines is 1. The van der Waals surface area contributed by atoms with Gasteiger partial charge in [-0.3, -0.25) is 0 Å². The Labute approximate surface area is 126 Å². The lowest BCUT2D eigenvalue weighted by Crippen LogP contribution is -3.15. The van der Waals surface area contributed by atoms with Crippen molar-refractivity contribution in [1.29, 1.82) is 0 Å². The number of nitrogens with zero attached hydrogens (tertiary/aromatic N) is 1. The number of aromatic hydroxyl groups is 1. The molecule has 0 spiro atoms. The largest absolute Gasteiger partial charge is 0.506 e. The van der Waals surface area contributed by atoms with Gasteiger partial charge in [0.25, 0.3) is 0 Å². The van der Waals surface area contributed by atoms with E-state index in [1.807, 2.05) is 39.0 Å².